The van der Waals surface area contributed by atoms with Crippen molar-refractivity contribution in [1.82, 2.24) is 25.4 Å². The second-order valence-electron chi connectivity index (χ2n) is 7.53. The number of hydrogen-bond donors (Lipinski definition) is 1. The molecule has 31 heavy (non-hydrogen) atoms. The SMILES string of the molecule is O=C(NCCC1CC1)Oc1ccc(N2CCN(C(=O)c3ccc(Cl)nc3Cl)CC2)nn1. The molecule has 1 aliphatic carbocycles. The standard InChI is InChI=1S/C20H22Cl2N6O3/c21-15-4-3-14(18(22)24-15)19(29)28-11-9-27(10-12-28)16-5-6-17(26-25-16)31-20(30)23-8-7-13-1-2-13/h3-6,13H,1-2,7-12H2,(H,23,30). The number of pyridine rings is 1. The average Bonchev–Trinajstić information content (AvgIpc) is 3.58. The van der Waals surface area contributed by atoms with Crippen LogP contribution < -0.4 is 15.0 Å². The van der Waals surface area contributed by atoms with Gasteiger partial charge in [0, 0.05) is 38.8 Å². The van der Waals surface area contributed by atoms with Gasteiger partial charge in [-0.1, -0.05) is 36.0 Å². The lowest BCUT2D eigenvalue weighted by Gasteiger charge is -2.35. The van der Waals surface area contributed by atoms with Crippen molar-refractivity contribution < 1.29 is 14.3 Å². The molecule has 1 aliphatic heterocycles. The molecule has 0 aromatic carbocycles. The van der Waals surface area contributed by atoms with E-state index >= 15 is 0 Å². The maximum atomic E-state index is 12.7. The van der Waals surface area contributed by atoms with Crippen LogP contribution in [0.3, 0.4) is 0 Å². The van der Waals surface area contributed by atoms with Gasteiger partial charge in [0.1, 0.15) is 10.3 Å². The van der Waals surface area contributed by atoms with Crippen LogP contribution in [-0.4, -0.2) is 64.8 Å². The zero-order valence-corrected chi connectivity index (χ0v) is 18.3. The number of amides is 2. The van der Waals surface area contributed by atoms with Gasteiger partial charge in [-0.2, -0.15) is 0 Å². The summed E-state index contributed by atoms with van der Waals surface area (Å²) in [7, 11) is 0. The highest BCUT2D eigenvalue weighted by Crippen LogP contribution is 2.31. The van der Waals surface area contributed by atoms with Crippen molar-refractivity contribution in [2.24, 2.45) is 5.92 Å². The third-order valence-electron chi connectivity index (χ3n) is 5.28. The zero-order valence-electron chi connectivity index (χ0n) is 16.8. The minimum absolute atomic E-state index is 0.0953. The quantitative estimate of drug-likeness (QED) is 0.655. The highest BCUT2D eigenvalue weighted by molar-refractivity contribution is 6.34. The number of anilines is 1. The van der Waals surface area contributed by atoms with Crippen LogP contribution in [0.4, 0.5) is 10.6 Å². The molecule has 2 fully saturated rings. The Morgan fingerprint density at radius 1 is 1.06 bits per heavy atom. The summed E-state index contributed by atoms with van der Waals surface area (Å²) in [5.74, 6) is 1.36. The molecule has 0 bridgehead atoms. The van der Waals surface area contributed by atoms with E-state index in [-0.39, 0.29) is 22.1 Å². The number of piperazine rings is 1. The third-order valence-corrected chi connectivity index (χ3v) is 5.78. The predicted octanol–water partition coefficient (Wildman–Crippen LogP) is 3.03. The van der Waals surface area contributed by atoms with Crippen molar-refractivity contribution in [2.75, 3.05) is 37.6 Å². The van der Waals surface area contributed by atoms with E-state index in [1.54, 1.807) is 29.2 Å². The molecule has 1 saturated heterocycles. The largest absolute Gasteiger partial charge is 0.413 e. The number of ether oxygens (including phenoxy) is 1. The first kappa shape index (κ1) is 21.6. The van der Waals surface area contributed by atoms with Crippen LogP contribution in [0.2, 0.25) is 10.3 Å². The normalized spacial score (nSPS) is 16.2. The summed E-state index contributed by atoms with van der Waals surface area (Å²) in [4.78, 5) is 32.1. The number of hydrogen-bond acceptors (Lipinski definition) is 7. The molecule has 164 valence electrons. The average molecular weight is 465 g/mol. The first-order chi connectivity index (χ1) is 15.0. The van der Waals surface area contributed by atoms with E-state index in [4.69, 9.17) is 27.9 Å². The summed E-state index contributed by atoms with van der Waals surface area (Å²) in [6, 6.07) is 6.49. The molecule has 0 spiro atoms. The topological polar surface area (TPSA) is 101 Å². The smallest absolute Gasteiger partial charge is 0.390 e. The lowest BCUT2D eigenvalue weighted by atomic mass is 10.2. The van der Waals surface area contributed by atoms with E-state index in [2.05, 4.69) is 20.5 Å². The molecule has 2 amide bonds. The molecule has 0 radical (unpaired) electrons. The van der Waals surface area contributed by atoms with Crippen LogP contribution in [0.5, 0.6) is 5.88 Å². The maximum absolute atomic E-state index is 12.7. The third kappa shape index (κ3) is 5.74. The second kappa shape index (κ2) is 9.65. The van der Waals surface area contributed by atoms with Crippen molar-refractivity contribution in [3.8, 4) is 5.88 Å². The van der Waals surface area contributed by atoms with Gasteiger partial charge in [-0.15, -0.1) is 10.2 Å². The molecular formula is C20H22Cl2N6O3. The van der Waals surface area contributed by atoms with Crippen LogP contribution in [0.25, 0.3) is 0 Å². The minimum atomic E-state index is -0.523. The second-order valence-corrected chi connectivity index (χ2v) is 8.27. The van der Waals surface area contributed by atoms with Crippen LogP contribution >= 0.6 is 23.2 Å². The molecule has 2 aromatic heterocycles. The van der Waals surface area contributed by atoms with Gasteiger partial charge in [0.2, 0.25) is 5.88 Å². The molecule has 9 nitrogen and oxygen atoms in total. The van der Waals surface area contributed by atoms with Crippen molar-refractivity contribution >= 4 is 41.0 Å². The fraction of sp³-hybridized carbons (Fsp3) is 0.450. The molecule has 2 aromatic rings. The molecule has 11 heteroatoms. The minimum Gasteiger partial charge on any atom is -0.390 e. The van der Waals surface area contributed by atoms with Crippen molar-refractivity contribution in [1.29, 1.82) is 0 Å². The van der Waals surface area contributed by atoms with Gasteiger partial charge in [0.05, 0.1) is 5.56 Å². The molecular weight excluding hydrogens is 443 g/mol. The summed E-state index contributed by atoms with van der Waals surface area (Å²) in [5.41, 5.74) is 0.330. The van der Waals surface area contributed by atoms with Gasteiger partial charge in [0.25, 0.3) is 5.91 Å². The molecule has 4 rings (SSSR count). The monoisotopic (exact) mass is 464 g/mol. The van der Waals surface area contributed by atoms with E-state index < -0.39 is 6.09 Å². The fourth-order valence-electron chi connectivity index (χ4n) is 3.33. The van der Waals surface area contributed by atoms with Crippen molar-refractivity contribution in [3.63, 3.8) is 0 Å². The highest BCUT2D eigenvalue weighted by Gasteiger charge is 2.25. The maximum Gasteiger partial charge on any atom is 0.413 e. The van der Waals surface area contributed by atoms with Crippen LogP contribution in [0.15, 0.2) is 24.3 Å². The van der Waals surface area contributed by atoms with Gasteiger partial charge in [-0.05, 0) is 30.5 Å². The van der Waals surface area contributed by atoms with Gasteiger partial charge >= 0.3 is 6.09 Å². The number of halogens is 2. The number of nitrogens with zero attached hydrogens (tertiary/aromatic N) is 5. The van der Waals surface area contributed by atoms with Crippen molar-refractivity contribution in [3.05, 3.63) is 40.1 Å². The fourth-order valence-corrected chi connectivity index (χ4v) is 3.76. The number of nitrogens with one attached hydrogen (secondary N) is 1. The van der Waals surface area contributed by atoms with Gasteiger partial charge in [-0.3, -0.25) is 4.79 Å². The Hall–Kier alpha value is -2.65. The Bertz CT molecular complexity index is 946. The Labute approximate surface area is 189 Å². The Morgan fingerprint density at radius 2 is 1.84 bits per heavy atom. The first-order valence-electron chi connectivity index (χ1n) is 10.2. The zero-order chi connectivity index (χ0) is 21.8. The molecule has 2 aliphatic rings. The van der Waals surface area contributed by atoms with E-state index in [1.807, 2.05) is 4.90 Å². The molecule has 1 saturated carbocycles. The van der Waals surface area contributed by atoms with Gasteiger partial charge in [-0.25, -0.2) is 9.78 Å². The lowest BCUT2D eigenvalue weighted by Crippen LogP contribution is -2.49. The van der Waals surface area contributed by atoms with Gasteiger partial charge < -0.3 is 19.9 Å². The molecule has 1 N–H and O–H groups in total. The summed E-state index contributed by atoms with van der Waals surface area (Å²) in [6.07, 6.45) is 2.95. The first-order valence-corrected chi connectivity index (χ1v) is 10.9. The molecule has 3 heterocycles. The number of carbonyl (C=O) groups is 2. The van der Waals surface area contributed by atoms with Crippen LogP contribution in [-0.2, 0) is 0 Å². The highest BCUT2D eigenvalue weighted by atomic mass is 35.5. The van der Waals surface area contributed by atoms with Crippen molar-refractivity contribution in [2.45, 2.75) is 19.3 Å². The summed E-state index contributed by atoms with van der Waals surface area (Å²) in [6.45, 7) is 2.78. The summed E-state index contributed by atoms with van der Waals surface area (Å²) >= 11 is 11.8. The van der Waals surface area contributed by atoms with Crippen LogP contribution in [0.1, 0.15) is 29.6 Å². The van der Waals surface area contributed by atoms with E-state index in [9.17, 15) is 9.59 Å². The Balaban J connectivity index is 1.26. The number of carbonyl (C=O) groups excluding carboxylic acids is 2. The van der Waals surface area contributed by atoms with E-state index in [0.717, 1.165) is 12.3 Å². The Kier molecular flexibility index (Phi) is 6.72. The summed E-state index contributed by atoms with van der Waals surface area (Å²) < 4.78 is 5.15. The van der Waals surface area contributed by atoms with E-state index in [1.165, 1.54) is 12.8 Å². The summed E-state index contributed by atoms with van der Waals surface area (Å²) in [5, 5.41) is 11.2. The number of aromatic nitrogens is 3. The van der Waals surface area contributed by atoms with Gasteiger partial charge in [0.15, 0.2) is 5.82 Å². The predicted molar refractivity (Wildman–Crippen MR) is 116 cm³/mol. The molecule has 0 unspecified atom stereocenters. The number of rotatable bonds is 6. The van der Waals surface area contributed by atoms with Crippen LogP contribution in [0, 0.1) is 5.92 Å². The van der Waals surface area contributed by atoms with E-state index in [0.29, 0.717) is 44.1 Å². The molecule has 0 atom stereocenters. The Morgan fingerprint density at radius 3 is 2.48 bits per heavy atom. The lowest BCUT2D eigenvalue weighted by molar-refractivity contribution is 0.0746.